The summed E-state index contributed by atoms with van der Waals surface area (Å²) in [5, 5.41) is 18.0. The van der Waals surface area contributed by atoms with Crippen molar-refractivity contribution in [3.05, 3.63) is 83.6 Å². The SMILES string of the molecule is CS(=O)(=O)c1ccc(-c2ccccc2)nc1/C=C/c1cccc(C(SCCC(=O)O)SCCC(=O)O)c1. The first kappa shape index (κ1) is 28.5. The van der Waals surface area contributed by atoms with Crippen LogP contribution in [0.5, 0.6) is 0 Å². The number of nitrogens with zero attached hydrogens (tertiary/aromatic N) is 1. The third kappa shape index (κ3) is 9.07. The summed E-state index contributed by atoms with van der Waals surface area (Å²) < 4.78 is 24.6. The maximum absolute atomic E-state index is 12.4. The van der Waals surface area contributed by atoms with E-state index in [4.69, 9.17) is 10.2 Å². The topological polar surface area (TPSA) is 122 Å². The fourth-order valence-corrected chi connectivity index (χ4v) is 6.86. The van der Waals surface area contributed by atoms with Crippen LogP contribution < -0.4 is 0 Å². The van der Waals surface area contributed by atoms with Crippen LogP contribution in [0.1, 0.15) is 34.2 Å². The lowest BCUT2D eigenvalue weighted by Gasteiger charge is -2.16. The van der Waals surface area contributed by atoms with Gasteiger partial charge in [0.1, 0.15) is 0 Å². The quantitative estimate of drug-likeness (QED) is 0.253. The zero-order chi connectivity index (χ0) is 26.8. The molecule has 0 unspecified atom stereocenters. The Bertz CT molecular complexity index is 1350. The first-order chi connectivity index (χ1) is 17.6. The molecule has 0 spiro atoms. The number of pyridine rings is 1. The number of sulfone groups is 1. The van der Waals surface area contributed by atoms with Crippen LogP contribution in [0.4, 0.5) is 0 Å². The highest BCUT2D eigenvalue weighted by atomic mass is 32.2. The van der Waals surface area contributed by atoms with E-state index in [1.807, 2.05) is 54.6 Å². The van der Waals surface area contributed by atoms with Gasteiger partial charge in [0.2, 0.25) is 0 Å². The molecule has 37 heavy (non-hydrogen) atoms. The van der Waals surface area contributed by atoms with E-state index in [0.29, 0.717) is 22.9 Å². The molecule has 0 bridgehead atoms. The number of aromatic nitrogens is 1. The molecular weight excluding hydrogens is 530 g/mol. The summed E-state index contributed by atoms with van der Waals surface area (Å²) >= 11 is 2.91. The van der Waals surface area contributed by atoms with Gasteiger partial charge >= 0.3 is 11.9 Å². The largest absolute Gasteiger partial charge is 0.481 e. The molecule has 10 heteroatoms. The summed E-state index contributed by atoms with van der Waals surface area (Å²) in [4.78, 5) is 26.6. The van der Waals surface area contributed by atoms with Gasteiger partial charge in [0, 0.05) is 23.3 Å². The number of carboxylic acids is 2. The number of benzene rings is 2. The van der Waals surface area contributed by atoms with Crippen LogP contribution in [-0.2, 0) is 19.4 Å². The Kier molecular flexibility index (Phi) is 10.4. The zero-order valence-corrected chi connectivity index (χ0v) is 22.6. The highest BCUT2D eigenvalue weighted by Crippen LogP contribution is 2.40. The number of carboxylic acid groups (broad SMARTS) is 2. The Morgan fingerprint density at radius 1 is 0.892 bits per heavy atom. The maximum atomic E-state index is 12.4. The molecule has 0 saturated carbocycles. The molecule has 0 saturated heterocycles. The number of thioether (sulfide) groups is 2. The minimum Gasteiger partial charge on any atom is -0.481 e. The summed E-state index contributed by atoms with van der Waals surface area (Å²) in [6.45, 7) is 0. The first-order valence-corrected chi connectivity index (χ1v) is 15.3. The zero-order valence-electron chi connectivity index (χ0n) is 20.1. The number of rotatable bonds is 13. The average Bonchev–Trinajstić information content (AvgIpc) is 2.86. The number of hydrogen-bond donors (Lipinski definition) is 2. The lowest BCUT2D eigenvalue weighted by atomic mass is 10.1. The molecular formula is C27H27NO6S3. The molecule has 194 valence electrons. The van der Waals surface area contributed by atoms with Gasteiger partial charge in [-0.25, -0.2) is 13.4 Å². The van der Waals surface area contributed by atoms with Gasteiger partial charge in [-0.05, 0) is 35.4 Å². The molecule has 0 radical (unpaired) electrons. The maximum Gasteiger partial charge on any atom is 0.304 e. The Balaban J connectivity index is 1.90. The van der Waals surface area contributed by atoms with Gasteiger partial charge in [-0.15, -0.1) is 23.5 Å². The molecule has 1 aromatic heterocycles. The van der Waals surface area contributed by atoms with Crippen molar-refractivity contribution in [2.75, 3.05) is 17.8 Å². The molecule has 1 heterocycles. The summed E-state index contributed by atoms with van der Waals surface area (Å²) in [5.41, 5.74) is 3.59. The summed E-state index contributed by atoms with van der Waals surface area (Å²) in [6.07, 6.45) is 4.63. The Morgan fingerprint density at radius 2 is 1.54 bits per heavy atom. The molecule has 0 atom stereocenters. The van der Waals surface area contributed by atoms with Crippen molar-refractivity contribution in [2.24, 2.45) is 0 Å². The Labute approximate surface area is 225 Å². The van der Waals surface area contributed by atoms with Gasteiger partial charge in [-0.3, -0.25) is 9.59 Å². The van der Waals surface area contributed by atoms with Crippen molar-refractivity contribution >= 4 is 57.5 Å². The van der Waals surface area contributed by atoms with Crippen LogP contribution in [0.2, 0.25) is 0 Å². The van der Waals surface area contributed by atoms with E-state index in [9.17, 15) is 18.0 Å². The van der Waals surface area contributed by atoms with E-state index in [-0.39, 0.29) is 22.3 Å². The monoisotopic (exact) mass is 557 g/mol. The fourth-order valence-electron chi connectivity index (χ4n) is 3.40. The van der Waals surface area contributed by atoms with Crippen LogP contribution in [0.15, 0.2) is 71.6 Å². The minimum atomic E-state index is -3.51. The van der Waals surface area contributed by atoms with E-state index >= 15 is 0 Å². The molecule has 7 nitrogen and oxygen atoms in total. The van der Waals surface area contributed by atoms with E-state index in [1.165, 1.54) is 23.5 Å². The van der Waals surface area contributed by atoms with Crippen molar-refractivity contribution in [3.8, 4) is 11.3 Å². The van der Waals surface area contributed by atoms with E-state index in [1.54, 1.807) is 24.3 Å². The van der Waals surface area contributed by atoms with Crippen molar-refractivity contribution in [1.29, 1.82) is 0 Å². The van der Waals surface area contributed by atoms with E-state index in [0.717, 1.165) is 22.9 Å². The average molecular weight is 558 g/mol. The van der Waals surface area contributed by atoms with Crippen LogP contribution in [0.25, 0.3) is 23.4 Å². The van der Waals surface area contributed by atoms with Gasteiger partial charge in [0.25, 0.3) is 0 Å². The van der Waals surface area contributed by atoms with Crippen LogP contribution in [0.3, 0.4) is 0 Å². The number of hydrogen-bond acceptors (Lipinski definition) is 7. The van der Waals surface area contributed by atoms with Gasteiger partial charge in [-0.1, -0.05) is 54.6 Å². The molecule has 0 fully saturated rings. The summed E-state index contributed by atoms with van der Waals surface area (Å²) in [5.74, 6) is -0.974. The Morgan fingerprint density at radius 3 is 2.14 bits per heavy atom. The van der Waals surface area contributed by atoms with Crippen LogP contribution in [-0.4, -0.2) is 53.3 Å². The predicted octanol–water partition coefficient (Wildman–Crippen LogP) is 5.74. The second-order valence-electron chi connectivity index (χ2n) is 8.08. The molecule has 0 aliphatic heterocycles. The molecule has 2 aromatic carbocycles. The second-order valence-corrected chi connectivity index (χ2v) is 12.8. The minimum absolute atomic E-state index is 0.0118. The highest BCUT2D eigenvalue weighted by Gasteiger charge is 2.16. The van der Waals surface area contributed by atoms with Gasteiger partial charge in [-0.2, -0.15) is 0 Å². The van der Waals surface area contributed by atoms with Crippen molar-refractivity contribution in [2.45, 2.75) is 22.3 Å². The Hall–Kier alpha value is -3.08. The highest BCUT2D eigenvalue weighted by molar-refractivity contribution is 8.16. The summed E-state index contributed by atoms with van der Waals surface area (Å²) in [6, 6.07) is 20.3. The van der Waals surface area contributed by atoms with Gasteiger partial charge in [0.05, 0.1) is 33.7 Å². The number of carbonyl (C=O) groups is 2. The molecule has 3 rings (SSSR count). The molecule has 3 aromatic rings. The molecule has 0 aliphatic rings. The molecule has 0 aliphatic carbocycles. The van der Waals surface area contributed by atoms with E-state index < -0.39 is 21.8 Å². The molecule has 0 amide bonds. The third-order valence-corrected chi connectivity index (χ3v) is 9.13. The van der Waals surface area contributed by atoms with Crippen molar-refractivity contribution < 1.29 is 28.2 Å². The standard InChI is InChI=1S/C27H27NO6S3/c1-37(33,34)24-13-12-22(20-7-3-2-4-8-20)28-23(24)11-10-19-6-5-9-21(18-19)27(35-16-14-25(29)30)36-17-15-26(31)32/h2-13,18,27H,14-17H2,1H3,(H,29,30)(H,31,32)/b11-10+. The lowest BCUT2D eigenvalue weighted by Crippen LogP contribution is -2.02. The second kappa shape index (κ2) is 13.5. The molecule has 2 N–H and O–H groups in total. The fraction of sp³-hybridized carbons (Fsp3) is 0.222. The smallest absolute Gasteiger partial charge is 0.304 e. The third-order valence-electron chi connectivity index (χ3n) is 5.14. The normalized spacial score (nSPS) is 11.7. The van der Waals surface area contributed by atoms with Gasteiger partial charge < -0.3 is 10.2 Å². The first-order valence-electron chi connectivity index (χ1n) is 11.3. The summed E-state index contributed by atoms with van der Waals surface area (Å²) in [7, 11) is -3.51. The lowest BCUT2D eigenvalue weighted by molar-refractivity contribution is -0.137. The van der Waals surface area contributed by atoms with E-state index in [2.05, 4.69) is 4.98 Å². The van der Waals surface area contributed by atoms with Crippen molar-refractivity contribution in [3.63, 3.8) is 0 Å². The van der Waals surface area contributed by atoms with Gasteiger partial charge in [0.15, 0.2) is 9.84 Å². The van der Waals surface area contributed by atoms with Crippen molar-refractivity contribution in [1.82, 2.24) is 4.98 Å². The van der Waals surface area contributed by atoms with Crippen LogP contribution in [0, 0.1) is 0 Å². The predicted molar refractivity (Wildman–Crippen MR) is 150 cm³/mol. The number of aliphatic carboxylic acids is 2. The van der Waals surface area contributed by atoms with Crippen LogP contribution >= 0.6 is 23.5 Å².